The molecule has 0 saturated carbocycles. The second-order valence-corrected chi connectivity index (χ2v) is 5.57. The molecule has 0 radical (unpaired) electrons. The van der Waals surface area contributed by atoms with E-state index in [1.165, 1.54) is 10.9 Å². The molecule has 0 amide bonds. The van der Waals surface area contributed by atoms with Crippen molar-refractivity contribution >= 4 is 10.9 Å². The van der Waals surface area contributed by atoms with E-state index in [1.807, 2.05) is 6.92 Å². The van der Waals surface area contributed by atoms with Gasteiger partial charge in [0.1, 0.15) is 0 Å². The molecular formula is C16H21N3. The van der Waals surface area contributed by atoms with E-state index in [2.05, 4.69) is 52.5 Å². The van der Waals surface area contributed by atoms with Crippen molar-refractivity contribution in [2.75, 3.05) is 19.6 Å². The smallest absolute Gasteiger partial charge is 0.0705 e. The summed E-state index contributed by atoms with van der Waals surface area (Å²) in [7, 11) is 0. The lowest BCUT2D eigenvalue weighted by Gasteiger charge is -2.31. The average Bonchev–Trinajstić information content (AvgIpc) is 2.39. The minimum Gasteiger partial charge on any atom is -0.312 e. The van der Waals surface area contributed by atoms with E-state index in [0.717, 1.165) is 37.4 Å². The van der Waals surface area contributed by atoms with Crippen LogP contribution in [0.1, 0.15) is 18.2 Å². The first-order chi connectivity index (χ1) is 9.20. The largest absolute Gasteiger partial charge is 0.312 e. The third-order valence-corrected chi connectivity index (χ3v) is 3.75. The van der Waals surface area contributed by atoms with E-state index >= 15 is 0 Å². The van der Waals surface area contributed by atoms with Crippen LogP contribution >= 0.6 is 0 Å². The van der Waals surface area contributed by atoms with Crippen LogP contribution in [0.25, 0.3) is 10.9 Å². The van der Waals surface area contributed by atoms with E-state index in [-0.39, 0.29) is 0 Å². The number of fused-ring (bicyclic) bond motifs is 1. The zero-order valence-electron chi connectivity index (χ0n) is 11.7. The van der Waals surface area contributed by atoms with Gasteiger partial charge in [0.05, 0.1) is 5.52 Å². The zero-order chi connectivity index (χ0) is 13.2. The van der Waals surface area contributed by atoms with E-state index in [9.17, 15) is 0 Å². The van der Waals surface area contributed by atoms with Gasteiger partial charge < -0.3 is 5.32 Å². The van der Waals surface area contributed by atoms with Gasteiger partial charge in [-0.05, 0) is 37.6 Å². The fraction of sp³-hybridized carbons (Fsp3) is 0.438. The summed E-state index contributed by atoms with van der Waals surface area (Å²) in [5.41, 5.74) is 3.56. The molecule has 0 bridgehead atoms. The maximum Gasteiger partial charge on any atom is 0.0705 e. The maximum absolute atomic E-state index is 4.55. The summed E-state index contributed by atoms with van der Waals surface area (Å²) in [5, 5.41) is 4.72. The highest BCUT2D eigenvalue weighted by atomic mass is 15.2. The number of aryl methyl sites for hydroxylation is 1. The zero-order valence-corrected chi connectivity index (χ0v) is 11.7. The van der Waals surface area contributed by atoms with Gasteiger partial charge in [-0.1, -0.05) is 12.1 Å². The molecule has 0 unspecified atom stereocenters. The van der Waals surface area contributed by atoms with Crippen molar-refractivity contribution in [1.29, 1.82) is 0 Å². The summed E-state index contributed by atoms with van der Waals surface area (Å²) >= 11 is 0. The number of hydrogen-bond acceptors (Lipinski definition) is 3. The van der Waals surface area contributed by atoms with Crippen LogP contribution in [-0.2, 0) is 6.54 Å². The molecule has 1 atom stereocenters. The normalized spacial score (nSPS) is 20.8. The fourth-order valence-electron chi connectivity index (χ4n) is 2.79. The number of nitrogens with zero attached hydrogens (tertiary/aromatic N) is 2. The number of nitrogens with one attached hydrogen (secondary N) is 1. The molecular weight excluding hydrogens is 234 g/mol. The van der Waals surface area contributed by atoms with Gasteiger partial charge in [0.15, 0.2) is 0 Å². The van der Waals surface area contributed by atoms with Crippen LogP contribution in [0.4, 0.5) is 0 Å². The summed E-state index contributed by atoms with van der Waals surface area (Å²) in [6, 6.07) is 11.5. The molecule has 1 aliphatic rings. The van der Waals surface area contributed by atoms with Crippen LogP contribution in [0.2, 0.25) is 0 Å². The van der Waals surface area contributed by atoms with Gasteiger partial charge in [0.2, 0.25) is 0 Å². The fourth-order valence-corrected chi connectivity index (χ4v) is 2.79. The van der Waals surface area contributed by atoms with Gasteiger partial charge in [-0.2, -0.15) is 0 Å². The molecule has 1 saturated heterocycles. The highest BCUT2D eigenvalue weighted by molar-refractivity contribution is 5.79. The average molecular weight is 255 g/mol. The molecule has 3 heteroatoms. The summed E-state index contributed by atoms with van der Waals surface area (Å²) in [5.74, 6) is 0. The highest BCUT2D eigenvalue weighted by Crippen LogP contribution is 2.16. The Morgan fingerprint density at radius 2 is 2.21 bits per heavy atom. The van der Waals surface area contributed by atoms with Gasteiger partial charge in [-0.15, -0.1) is 0 Å². The third-order valence-electron chi connectivity index (χ3n) is 3.75. The van der Waals surface area contributed by atoms with Gasteiger partial charge >= 0.3 is 0 Å². The van der Waals surface area contributed by atoms with Crippen molar-refractivity contribution in [2.45, 2.75) is 26.4 Å². The molecule has 1 aromatic carbocycles. The molecule has 1 aromatic heterocycles. The number of hydrogen-bond donors (Lipinski definition) is 1. The summed E-state index contributed by atoms with van der Waals surface area (Å²) in [4.78, 5) is 7.07. The van der Waals surface area contributed by atoms with Crippen molar-refractivity contribution in [1.82, 2.24) is 15.2 Å². The lowest BCUT2D eigenvalue weighted by atomic mass is 10.1. The second-order valence-electron chi connectivity index (χ2n) is 5.57. The monoisotopic (exact) mass is 255 g/mol. The molecule has 3 rings (SSSR count). The summed E-state index contributed by atoms with van der Waals surface area (Å²) in [6.07, 6.45) is 0. The summed E-state index contributed by atoms with van der Waals surface area (Å²) in [6.45, 7) is 8.68. The first kappa shape index (κ1) is 12.6. The van der Waals surface area contributed by atoms with Crippen LogP contribution in [0.15, 0.2) is 30.3 Å². The standard InChI is InChI=1S/C16H21N3/c1-12-3-5-15-9-14(4-6-16(15)18-12)11-19-8-7-17-13(2)10-19/h3-6,9,13,17H,7-8,10-11H2,1-2H3/t13-/m0/s1. The van der Waals surface area contributed by atoms with Crippen molar-refractivity contribution in [3.63, 3.8) is 0 Å². The first-order valence-corrected chi connectivity index (χ1v) is 7.03. The van der Waals surface area contributed by atoms with Crippen molar-refractivity contribution in [3.05, 3.63) is 41.6 Å². The van der Waals surface area contributed by atoms with Gasteiger partial charge in [-0.3, -0.25) is 9.88 Å². The van der Waals surface area contributed by atoms with Crippen molar-refractivity contribution in [2.24, 2.45) is 0 Å². The minimum absolute atomic E-state index is 0.596. The van der Waals surface area contributed by atoms with Gasteiger partial charge in [0.25, 0.3) is 0 Å². The number of benzene rings is 1. The topological polar surface area (TPSA) is 28.2 Å². The Labute approximate surface area is 114 Å². The molecule has 100 valence electrons. The Morgan fingerprint density at radius 3 is 3.05 bits per heavy atom. The number of pyridine rings is 1. The first-order valence-electron chi connectivity index (χ1n) is 7.03. The van der Waals surface area contributed by atoms with E-state index < -0.39 is 0 Å². The molecule has 2 aromatic rings. The molecule has 1 fully saturated rings. The lowest BCUT2D eigenvalue weighted by molar-refractivity contribution is 0.200. The Hall–Kier alpha value is -1.45. The van der Waals surface area contributed by atoms with E-state index in [4.69, 9.17) is 0 Å². The Balaban J connectivity index is 1.79. The number of rotatable bonds is 2. The van der Waals surface area contributed by atoms with Crippen molar-refractivity contribution in [3.8, 4) is 0 Å². The molecule has 1 N–H and O–H groups in total. The van der Waals surface area contributed by atoms with Crippen LogP contribution < -0.4 is 5.32 Å². The summed E-state index contributed by atoms with van der Waals surface area (Å²) < 4.78 is 0. The Kier molecular flexibility index (Phi) is 3.49. The molecule has 2 heterocycles. The number of aromatic nitrogens is 1. The predicted octanol–water partition coefficient (Wildman–Crippen LogP) is 2.34. The predicted molar refractivity (Wildman–Crippen MR) is 79.2 cm³/mol. The molecule has 0 spiro atoms. The number of piperazine rings is 1. The van der Waals surface area contributed by atoms with Crippen LogP contribution in [-0.4, -0.2) is 35.6 Å². The van der Waals surface area contributed by atoms with E-state index in [0.29, 0.717) is 6.04 Å². The van der Waals surface area contributed by atoms with Crippen molar-refractivity contribution < 1.29 is 0 Å². The lowest BCUT2D eigenvalue weighted by Crippen LogP contribution is -2.48. The van der Waals surface area contributed by atoms with Gasteiger partial charge in [0, 0.05) is 43.3 Å². The van der Waals surface area contributed by atoms with Gasteiger partial charge in [-0.25, -0.2) is 0 Å². The molecule has 1 aliphatic heterocycles. The van der Waals surface area contributed by atoms with Crippen LogP contribution in [0, 0.1) is 6.92 Å². The van der Waals surface area contributed by atoms with Crippen LogP contribution in [0.5, 0.6) is 0 Å². The van der Waals surface area contributed by atoms with Crippen LogP contribution in [0.3, 0.4) is 0 Å². The third kappa shape index (κ3) is 2.94. The SMILES string of the molecule is Cc1ccc2cc(CN3CCN[C@@H](C)C3)ccc2n1. The molecule has 19 heavy (non-hydrogen) atoms. The maximum atomic E-state index is 4.55. The molecule has 0 aliphatic carbocycles. The highest BCUT2D eigenvalue weighted by Gasteiger charge is 2.15. The second kappa shape index (κ2) is 5.27. The Morgan fingerprint density at radius 1 is 1.32 bits per heavy atom. The quantitative estimate of drug-likeness (QED) is 0.892. The van der Waals surface area contributed by atoms with E-state index in [1.54, 1.807) is 0 Å². The molecule has 3 nitrogen and oxygen atoms in total. The Bertz CT molecular complexity index is 579. The minimum atomic E-state index is 0.596.